The van der Waals surface area contributed by atoms with Crippen molar-refractivity contribution in [1.29, 1.82) is 0 Å². The average molecular weight is 447 g/mol. The molecular weight excluding hydrogens is 428 g/mol. The van der Waals surface area contributed by atoms with Crippen LogP contribution in [0.25, 0.3) is 33.3 Å². The van der Waals surface area contributed by atoms with Crippen LogP contribution < -0.4 is 5.32 Å². The Bertz CT molecular complexity index is 1410. The fourth-order valence-corrected chi connectivity index (χ4v) is 4.89. The van der Waals surface area contributed by atoms with Gasteiger partial charge in [0.25, 0.3) is 0 Å². The number of hydrogen-bond acceptors (Lipinski definition) is 7. The number of aromatic nitrogens is 5. The number of anilines is 1. The maximum atomic E-state index is 12.5. The second-order valence-corrected chi connectivity index (χ2v) is 9.12. The number of carbonyl (C=O) groups excluding carboxylic acids is 1. The van der Waals surface area contributed by atoms with Crippen LogP contribution in [-0.2, 0) is 11.8 Å². The highest BCUT2D eigenvalue weighted by atomic mass is 32.2. The molecule has 0 fully saturated rings. The summed E-state index contributed by atoms with van der Waals surface area (Å²) in [5.74, 6) is 0.0234. The normalized spacial score (nSPS) is 11.3. The molecule has 1 N–H and O–H groups in total. The van der Waals surface area contributed by atoms with Crippen LogP contribution in [0, 0.1) is 6.92 Å². The summed E-state index contributed by atoms with van der Waals surface area (Å²) in [5.41, 5.74) is 4.49. The van der Waals surface area contributed by atoms with Gasteiger partial charge in [0.1, 0.15) is 5.52 Å². The number of carbonyl (C=O) groups is 1. The molecule has 7 nitrogen and oxygen atoms in total. The molecule has 5 aromatic rings. The van der Waals surface area contributed by atoms with Crippen LogP contribution >= 0.6 is 23.1 Å². The van der Waals surface area contributed by atoms with Crippen molar-refractivity contribution in [2.24, 2.45) is 7.05 Å². The van der Waals surface area contributed by atoms with E-state index in [0.29, 0.717) is 10.3 Å². The van der Waals surface area contributed by atoms with Crippen molar-refractivity contribution in [1.82, 2.24) is 24.7 Å². The molecule has 0 unspecified atom stereocenters. The van der Waals surface area contributed by atoms with E-state index in [9.17, 15) is 4.79 Å². The van der Waals surface area contributed by atoms with Crippen LogP contribution in [0.1, 0.15) is 4.88 Å². The molecule has 0 atom stereocenters. The molecule has 1 amide bonds. The minimum absolute atomic E-state index is 0.154. The Kier molecular flexibility index (Phi) is 5.13. The Morgan fingerprint density at radius 1 is 1.06 bits per heavy atom. The van der Waals surface area contributed by atoms with Gasteiger partial charge >= 0.3 is 0 Å². The van der Waals surface area contributed by atoms with Crippen LogP contribution in [0.3, 0.4) is 0 Å². The molecule has 31 heavy (non-hydrogen) atoms. The molecule has 0 bridgehead atoms. The average Bonchev–Trinajstić information content (AvgIpc) is 3.30. The number of thioether (sulfide) groups is 1. The van der Waals surface area contributed by atoms with E-state index in [0.717, 1.165) is 38.2 Å². The zero-order valence-corrected chi connectivity index (χ0v) is 18.5. The van der Waals surface area contributed by atoms with E-state index in [1.54, 1.807) is 0 Å². The van der Waals surface area contributed by atoms with Crippen molar-refractivity contribution in [2.75, 3.05) is 11.1 Å². The minimum Gasteiger partial charge on any atom is -0.327 e. The first-order valence-electron chi connectivity index (χ1n) is 9.63. The van der Waals surface area contributed by atoms with Gasteiger partial charge in [0.15, 0.2) is 10.8 Å². The second-order valence-electron chi connectivity index (χ2n) is 6.97. The van der Waals surface area contributed by atoms with E-state index in [1.165, 1.54) is 23.1 Å². The van der Waals surface area contributed by atoms with Crippen molar-refractivity contribution in [3.05, 3.63) is 59.5 Å². The molecule has 2 aromatic carbocycles. The third kappa shape index (κ3) is 3.77. The van der Waals surface area contributed by atoms with Gasteiger partial charge in [-0.2, -0.15) is 0 Å². The quantitative estimate of drug-likeness (QED) is 0.395. The number of thiazole rings is 1. The molecule has 0 saturated heterocycles. The van der Waals surface area contributed by atoms with E-state index < -0.39 is 0 Å². The summed E-state index contributed by atoms with van der Waals surface area (Å²) in [5, 5.41) is 13.5. The lowest BCUT2D eigenvalue weighted by atomic mass is 10.1. The molecule has 0 spiro atoms. The monoisotopic (exact) mass is 446 g/mol. The first-order valence-corrected chi connectivity index (χ1v) is 11.4. The SMILES string of the molecule is Cc1sc(NC(=O)CSc2nnc3c4ccccc4n(C)c3n2)nc1-c1ccccc1. The van der Waals surface area contributed by atoms with Gasteiger partial charge in [0.2, 0.25) is 11.1 Å². The number of fused-ring (bicyclic) bond motifs is 3. The van der Waals surface area contributed by atoms with Crippen LogP contribution in [0.2, 0.25) is 0 Å². The third-order valence-electron chi connectivity index (χ3n) is 4.91. The molecule has 9 heteroatoms. The number of rotatable bonds is 5. The first kappa shape index (κ1) is 19.7. The summed E-state index contributed by atoms with van der Waals surface area (Å²) in [6, 6.07) is 17.9. The van der Waals surface area contributed by atoms with Gasteiger partial charge < -0.3 is 9.88 Å². The van der Waals surface area contributed by atoms with E-state index in [4.69, 9.17) is 0 Å². The van der Waals surface area contributed by atoms with Gasteiger partial charge in [-0.15, -0.1) is 21.5 Å². The summed E-state index contributed by atoms with van der Waals surface area (Å²) in [6.07, 6.45) is 0. The smallest absolute Gasteiger partial charge is 0.236 e. The molecule has 0 aliphatic carbocycles. The Hall–Kier alpha value is -3.30. The third-order valence-corrected chi connectivity index (χ3v) is 6.63. The van der Waals surface area contributed by atoms with Crippen molar-refractivity contribution < 1.29 is 4.79 Å². The first-order chi connectivity index (χ1) is 15.1. The van der Waals surface area contributed by atoms with Crippen molar-refractivity contribution in [3.8, 4) is 11.3 Å². The summed E-state index contributed by atoms with van der Waals surface area (Å²) in [7, 11) is 1.95. The highest BCUT2D eigenvalue weighted by Crippen LogP contribution is 2.30. The molecule has 0 saturated carbocycles. The molecular formula is C22H18N6OS2. The van der Waals surface area contributed by atoms with Gasteiger partial charge in [-0.05, 0) is 13.0 Å². The Labute approximate surface area is 186 Å². The minimum atomic E-state index is -0.154. The van der Waals surface area contributed by atoms with Gasteiger partial charge in [-0.1, -0.05) is 60.3 Å². The maximum absolute atomic E-state index is 12.5. The van der Waals surface area contributed by atoms with Crippen molar-refractivity contribution in [2.45, 2.75) is 12.1 Å². The summed E-state index contributed by atoms with van der Waals surface area (Å²) in [6.45, 7) is 2.00. The topological polar surface area (TPSA) is 85.6 Å². The van der Waals surface area contributed by atoms with Crippen LogP contribution in [0.15, 0.2) is 59.8 Å². The van der Waals surface area contributed by atoms with E-state index in [1.807, 2.05) is 73.1 Å². The largest absolute Gasteiger partial charge is 0.327 e. The lowest BCUT2D eigenvalue weighted by molar-refractivity contribution is -0.113. The number of hydrogen-bond donors (Lipinski definition) is 1. The number of nitrogens with one attached hydrogen (secondary N) is 1. The van der Waals surface area contributed by atoms with Crippen molar-refractivity contribution >= 4 is 56.2 Å². The molecule has 0 radical (unpaired) electrons. The van der Waals surface area contributed by atoms with Gasteiger partial charge in [-0.3, -0.25) is 4.79 Å². The molecule has 0 aliphatic heterocycles. The standard InChI is InChI=1S/C22H18N6OS2/c1-13-18(14-8-4-3-5-9-14)24-21(31-13)23-17(29)12-30-22-25-20-19(26-27-22)15-10-6-7-11-16(15)28(20)2/h3-11H,12H2,1-2H3,(H,23,24,29). The van der Waals surface area contributed by atoms with E-state index in [-0.39, 0.29) is 11.7 Å². The van der Waals surface area contributed by atoms with Crippen molar-refractivity contribution in [3.63, 3.8) is 0 Å². The molecule has 3 aromatic heterocycles. The fraction of sp³-hybridized carbons (Fsp3) is 0.136. The summed E-state index contributed by atoms with van der Waals surface area (Å²) >= 11 is 2.72. The van der Waals surface area contributed by atoms with E-state index >= 15 is 0 Å². The zero-order chi connectivity index (χ0) is 21.4. The maximum Gasteiger partial charge on any atom is 0.236 e. The highest BCUT2D eigenvalue weighted by Gasteiger charge is 2.15. The van der Waals surface area contributed by atoms with Gasteiger partial charge in [-0.25, -0.2) is 9.97 Å². The highest BCUT2D eigenvalue weighted by molar-refractivity contribution is 7.99. The van der Waals surface area contributed by atoms with Crippen LogP contribution in [0.5, 0.6) is 0 Å². The molecule has 0 aliphatic rings. The Morgan fingerprint density at radius 2 is 1.84 bits per heavy atom. The van der Waals surface area contributed by atoms with Crippen LogP contribution in [0.4, 0.5) is 5.13 Å². The fourth-order valence-electron chi connectivity index (χ4n) is 3.45. The molecule has 154 valence electrons. The Balaban J connectivity index is 1.29. The number of amides is 1. The Morgan fingerprint density at radius 3 is 2.68 bits per heavy atom. The molecule has 3 heterocycles. The lowest BCUT2D eigenvalue weighted by Gasteiger charge is -2.02. The predicted molar refractivity (Wildman–Crippen MR) is 125 cm³/mol. The summed E-state index contributed by atoms with van der Waals surface area (Å²) in [4.78, 5) is 22.7. The van der Waals surface area contributed by atoms with Gasteiger partial charge in [0, 0.05) is 22.9 Å². The lowest BCUT2D eigenvalue weighted by Crippen LogP contribution is -2.14. The number of nitrogens with zero attached hydrogens (tertiary/aromatic N) is 5. The molecule has 5 rings (SSSR count). The zero-order valence-electron chi connectivity index (χ0n) is 16.9. The van der Waals surface area contributed by atoms with Crippen LogP contribution in [-0.4, -0.2) is 36.4 Å². The number of aryl methyl sites for hydroxylation is 2. The number of para-hydroxylation sites is 1. The van der Waals surface area contributed by atoms with Gasteiger partial charge in [0.05, 0.1) is 17.0 Å². The summed E-state index contributed by atoms with van der Waals surface area (Å²) < 4.78 is 1.99. The van der Waals surface area contributed by atoms with E-state index in [2.05, 4.69) is 25.5 Å². The second kappa shape index (κ2) is 8.09. The predicted octanol–water partition coefficient (Wildman–Crippen LogP) is 4.68. The number of benzene rings is 2.